The summed E-state index contributed by atoms with van der Waals surface area (Å²) in [6, 6.07) is 10.0. The van der Waals surface area contributed by atoms with E-state index < -0.39 is 14.9 Å². The molecule has 0 atom stereocenters. The van der Waals surface area contributed by atoms with Gasteiger partial charge in [-0.05, 0) is 24.3 Å². The molecule has 0 unspecified atom stereocenters. The molecule has 2 heterocycles. The van der Waals surface area contributed by atoms with Gasteiger partial charge >= 0.3 is 0 Å². The molecule has 2 aromatic rings. The molecule has 10 nitrogen and oxygen atoms in total. The van der Waals surface area contributed by atoms with E-state index in [2.05, 4.69) is 0 Å². The summed E-state index contributed by atoms with van der Waals surface area (Å²) in [4.78, 5) is 24.7. The second-order valence-corrected chi connectivity index (χ2v) is 8.86. The highest BCUT2D eigenvalue weighted by atomic mass is 32.2. The summed E-state index contributed by atoms with van der Waals surface area (Å²) in [5.41, 5.74) is 0.231. The van der Waals surface area contributed by atoms with Crippen LogP contribution in [0.25, 0.3) is 0 Å². The van der Waals surface area contributed by atoms with Crippen LogP contribution in [-0.2, 0) is 10.0 Å². The van der Waals surface area contributed by atoms with Gasteiger partial charge in [0.05, 0.1) is 16.4 Å². The van der Waals surface area contributed by atoms with Gasteiger partial charge in [0.25, 0.3) is 5.69 Å². The molecule has 4 rings (SSSR count). The van der Waals surface area contributed by atoms with Crippen molar-refractivity contribution in [3.8, 4) is 11.5 Å². The standard InChI is InChI=1S/C19H19N3O7S/c23-17(14-4-5-18-19(10-14)29-13-28-18)12-20-6-8-21(9-7-20)30(26,27)16-3-1-2-15(11-16)22(24)25/h1-5,10-11H,6-9,12-13H2. The number of Topliss-reactive ketones (excluding diaryl/α,β-unsaturated/α-hetero) is 1. The van der Waals surface area contributed by atoms with Crippen LogP contribution < -0.4 is 9.47 Å². The largest absolute Gasteiger partial charge is 0.454 e. The highest BCUT2D eigenvalue weighted by molar-refractivity contribution is 7.89. The van der Waals surface area contributed by atoms with E-state index in [1.807, 2.05) is 4.90 Å². The van der Waals surface area contributed by atoms with Crippen molar-refractivity contribution in [3.63, 3.8) is 0 Å². The van der Waals surface area contributed by atoms with E-state index in [-0.39, 0.29) is 42.8 Å². The number of nitrogens with zero attached hydrogens (tertiary/aromatic N) is 3. The zero-order valence-corrected chi connectivity index (χ0v) is 16.7. The Morgan fingerprint density at radius 3 is 2.50 bits per heavy atom. The Kier molecular flexibility index (Phi) is 5.41. The van der Waals surface area contributed by atoms with Gasteiger partial charge in [-0.3, -0.25) is 19.8 Å². The molecule has 1 saturated heterocycles. The van der Waals surface area contributed by atoms with Crippen LogP contribution in [0.5, 0.6) is 11.5 Å². The van der Waals surface area contributed by atoms with E-state index in [1.165, 1.54) is 22.5 Å². The second kappa shape index (κ2) is 8.01. The summed E-state index contributed by atoms with van der Waals surface area (Å²) in [5, 5.41) is 10.9. The Bertz CT molecular complexity index is 1100. The number of carbonyl (C=O) groups excluding carboxylic acids is 1. The lowest BCUT2D eigenvalue weighted by atomic mass is 10.1. The van der Waals surface area contributed by atoms with Crippen LogP contribution in [-0.4, -0.2) is 67.8 Å². The van der Waals surface area contributed by atoms with E-state index in [9.17, 15) is 23.3 Å². The lowest BCUT2D eigenvalue weighted by Crippen LogP contribution is -2.49. The number of nitro benzene ring substituents is 1. The highest BCUT2D eigenvalue weighted by Gasteiger charge is 2.30. The molecular weight excluding hydrogens is 414 g/mol. The fraction of sp³-hybridized carbons (Fsp3) is 0.316. The number of ether oxygens (including phenoxy) is 2. The number of hydrogen-bond acceptors (Lipinski definition) is 8. The molecule has 158 valence electrons. The van der Waals surface area contributed by atoms with Crippen molar-refractivity contribution >= 4 is 21.5 Å². The van der Waals surface area contributed by atoms with Crippen LogP contribution in [0.2, 0.25) is 0 Å². The predicted octanol–water partition coefficient (Wildman–Crippen LogP) is 1.51. The third kappa shape index (κ3) is 3.99. The summed E-state index contributed by atoms with van der Waals surface area (Å²) >= 11 is 0. The number of nitro groups is 1. The first-order chi connectivity index (χ1) is 14.3. The zero-order chi connectivity index (χ0) is 21.3. The van der Waals surface area contributed by atoms with Gasteiger partial charge in [-0.25, -0.2) is 8.42 Å². The number of piperazine rings is 1. The Morgan fingerprint density at radius 1 is 1.03 bits per heavy atom. The minimum atomic E-state index is -3.84. The first-order valence-corrected chi connectivity index (χ1v) is 10.7. The molecule has 30 heavy (non-hydrogen) atoms. The van der Waals surface area contributed by atoms with Crippen molar-refractivity contribution in [2.45, 2.75) is 4.90 Å². The average molecular weight is 433 g/mol. The number of ketones is 1. The average Bonchev–Trinajstić information content (AvgIpc) is 3.22. The highest BCUT2D eigenvalue weighted by Crippen LogP contribution is 2.32. The van der Waals surface area contributed by atoms with Crippen molar-refractivity contribution in [3.05, 3.63) is 58.1 Å². The summed E-state index contributed by atoms with van der Waals surface area (Å²) in [6.07, 6.45) is 0. The van der Waals surface area contributed by atoms with E-state index >= 15 is 0 Å². The molecule has 11 heteroatoms. The molecule has 0 amide bonds. The van der Waals surface area contributed by atoms with E-state index in [0.29, 0.717) is 30.2 Å². The lowest BCUT2D eigenvalue weighted by Gasteiger charge is -2.33. The van der Waals surface area contributed by atoms with E-state index in [0.717, 1.165) is 6.07 Å². The number of fused-ring (bicyclic) bond motifs is 1. The smallest absolute Gasteiger partial charge is 0.270 e. The van der Waals surface area contributed by atoms with Crippen molar-refractivity contribution in [1.29, 1.82) is 0 Å². The van der Waals surface area contributed by atoms with Gasteiger partial charge in [0, 0.05) is 43.9 Å². The molecule has 1 fully saturated rings. The maximum Gasteiger partial charge on any atom is 0.270 e. The third-order valence-corrected chi connectivity index (χ3v) is 6.95. The van der Waals surface area contributed by atoms with Crippen LogP contribution in [0.1, 0.15) is 10.4 Å². The first-order valence-electron chi connectivity index (χ1n) is 9.24. The quantitative estimate of drug-likeness (QED) is 0.382. The lowest BCUT2D eigenvalue weighted by molar-refractivity contribution is -0.385. The molecule has 2 aliphatic rings. The number of hydrogen-bond donors (Lipinski definition) is 0. The van der Waals surface area contributed by atoms with Gasteiger partial charge in [0.15, 0.2) is 17.3 Å². The summed E-state index contributed by atoms with van der Waals surface area (Å²) in [5.74, 6) is 1.04. The molecule has 0 saturated carbocycles. The zero-order valence-electron chi connectivity index (χ0n) is 15.9. The predicted molar refractivity (Wildman–Crippen MR) is 105 cm³/mol. The topological polar surface area (TPSA) is 119 Å². The third-order valence-electron chi connectivity index (χ3n) is 5.06. The van der Waals surface area contributed by atoms with Crippen LogP contribution >= 0.6 is 0 Å². The van der Waals surface area contributed by atoms with Crippen LogP contribution in [0, 0.1) is 10.1 Å². The maximum atomic E-state index is 12.8. The molecule has 0 bridgehead atoms. The number of non-ortho nitro benzene ring substituents is 1. The molecule has 0 aliphatic carbocycles. The van der Waals surface area contributed by atoms with E-state index in [1.54, 1.807) is 18.2 Å². The summed E-state index contributed by atoms with van der Waals surface area (Å²) < 4.78 is 37.4. The number of rotatable bonds is 6. The molecule has 0 aromatic heterocycles. The Morgan fingerprint density at radius 2 is 1.77 bits per heavy atom. The minimum absolute atomic E-state index is 0.0942. The fourth-order valence-corrected chi connectivity index (χ4v) is 4.86. The van der Waals surface area contributed by atoms with Crippen molar-refractivity contribution < 1.29 is 27.6 Å². The van der Waals surface area contributed by atoms with Gasteiger partial charge in [-0.1, -0.05) is 6.07 Å². The van der Waals surface area contributed by atoms with Crippen LogP contribution in [0.15, 0.2) is 47.4 Å². The van der Waals surface area contributed by atoms with Gasteiger partial charge in [0.2, 0.25) is 16.8 Å². The maximum absolute atomic E-state index is 12.8. The number of carbonyl (C=O) groups is 1. The summed E-state index contributed by atoms with van der Waals surface area (Å²) in [7, 11) is -3.84. The molecule has 0 N–H and O–H groups in total. The molecule has 0 radical (unpaired) electrons. The molecule has 2 aliphatic heterocycles. The Labute approximate surface area is 172 Å². The van der Waals surface area contributed by atoms with Gasteiger partial charge in [0.1, 0.15) is 0 Å². The number of sulfonamides is 1. The minimum Gasteiger partial charge on any atom is -0.454 e. The Hall–Kier alpha value is -3.02. The first kappa shape index (κ1) is 20.3. The normalized spacial score (nSPS) is 17.1. The van der Waals surface area contributed by atoms with Gasteiger partial charge in [-0.2, -0.15) is 4.31 Å². The number of benzene rings is 2. The molecule has 2 aromatic carbocycles. The SMILES string of the molecule is O=C(CN1CCN(S(=O)(=O)c2cccc([N+](=O)[O-])c2)CC1)c1ccc2c(c1)OCO2. The van der Waals surface area contributed by atoms with Crippen LogP contribution in [0.4, 0.5) is 5.69 Å². The molecule has 0 spiro atoms. The second-order valence-electron chi connectivity index (χ2n) is 6.93. The summed E-state index contributed by atoms with van der Waals surface area (Å²) in [6.45, 7) is 1.44. The van der Waals surface area contributed by atoms with Crippen molar-refractivity contribution in [2.75, 3.05) is 39.5 Å². The van der Waals surface area contributed by atoms with Gasteiger partial charge < -0.3 is 9.47 Å². The fourth-order valence-electron chi connectivity index (χ4n) is 3.40. The molecular formula is C19H19N3O7S. The van der Waals surface area contributed by atoms with Gasteiger partial charge in [-0.15, -0.1) is 0 Å². The monoisotopic (exact) mass is 433 g/mol. The van der Waals surface area contributed by atoms with E-state index in [4.69, 9.17) is 9.47 Å². The Balaban J connectivity index is 1.38. The van der Waals surface area contributed by atoms with Crippen LogP contribution in [0.3, 0.4) is 0 Å². The van der Waals surface area contributed by atoms with Crippen molar-refractivity contribution in [1.82, 2.24) is 9.21 Å². The van der Waals surface area contributed by atoms with Crippen molar-refractivity contribution in [2.24, 2.45) is 0 Å².